The molecule has 0 aliphatic rings. The average Bonchev–Trinajstić information content (AvgIpc) is 2.23. The van der Waals surface area contributed by atoms with Crippen LogP contribution in [0.5, 0.6) is 0 Å². The Balaban J connectivity index is 0.959. The van der Waals surface area contributed by atoms with Crippen LogP contribution in [0, 0.1) is 0 Å². The topological polar surface area (TPSA) is 354 Å². The van der Waals surface area contributed by atoms with Gasteiger partial charge >= 0.3 is 0 Å². The van der Waals surface area contributed by atoms with Gasteiger partial charge in [-0.25, -0.2) is 15.0 Å². The van der Waals surface area contributed by atoms with Crippen LogP contribution in [0.4, 0.5) is 28.8 Å². The molecular weight excluding hydrogens is 1120 g/mol. The third kappa shape index (κ3) is 24.0. The molecule has 0 atom stereocenters. The Labute approximate surface area is 508 Å². The van der Waals surface area contributed by atoms with Crippen molar-refractivity contribution < 1.29 is 43.2 Å². The number of rotatable bonds is 40. The lowest BCUT2D eigenvalue weighted by atomic mass is 10.0. The summed E-state index contributed by atoms with van der Waals surface area (Å²) in [4.78, 5) is 131. The van der Waals surface area contributed by atoms with Crippen LogP contribution in [-0.4, -0.2) is 149 Å². The summed E-state index contributed by atoms with van der Waals surface area (Å²) >= 11 is 0. The number of aromatic nitrogens is 8. The third-order valence-corrected chi connectivity index (χ3v) is 14.2. The minimum Gasteiger partial charge on any atom is -0.356 e. The van der Waals surface area contributed by atoms with E-state index in [9.17, 15) is 43.2 Å². The van der Waals surface area contributed by atoms with Crippen LogP contribution in [0.3, 0.4) is 0 Å². The molecule has 5 rings (SSSR count). The van der Waals surface area contributed by atoms with Crippen molar-refractivity contribution in [2.75, 3.05) is 79.4 Å². The summed E-state index contributed by atoms with van der Waals surface area (Å²) in [6.07, 6.45) is 25.3. The van der Waals surface area contributed by atoms with Gasteiger partial charge in [0.2, 0.25) is 41.1 Å². The van der Waals surface area contributed by atoms with Crippen LogP contribution in [-0.2, 0) is 54.4 Å². The van der Waals surface area contributed by atoms with Crippen LogP contribution < -0.4 is 53.6 Å². The standard InChI is InChI=1S/C59H91N19O9/c1-8-9-10-11-12-13-14-15-16-17-18-19-20-23-49(80)67-45-39-77(6)53(71-45)58(86)65-41-34-43(74(3)36-41)56(84)63-31-26-51(82)69-47-40-78(7)54(72-47)59(87)66-42-35-44(75(4)37-42)55(83)62-30-25-50(81)68-46-38-76(5)52(70-46)57(85)64-29-24-48(79)61-28-22-33-73(2)32-21-27-60/h34-40H,8-33,60H2,1-7H3,(H,61,79)(H,62,83)(H,63,84)(H,64,85)(H,65,86)(H,66,87)(H,67,80)(H,68,81)(H,69,82). The highest BCUT2D eigenvalue weighted by molar-refractivity contribution is 6.05. The normalized spacial score (nSPS) is 11.1. The first-order chi connectivity index (χ1) is 41.7. The van der Waals surface area contributed by atoms with Gasteiger partial charge in [-0.05, 0) is 58.1 Å². The van der Waals surface area contributed by atoms with E-state index in [1.54, 1.807) is 47.6 Å². The Kier molecular flexibility index (Phi) is 28.9. The maximum atomic E-state index is 13.3. The number of amides is 9. The zero-order chi connectivity index (χ0) is 63.3. The maximum absolute atomic E-state index is 13.3. The number of imidazole rings is 3. The van der Waals surface area contributed by atoms with E-state index in [0.717, 1.165) is 45.2 Å². The zero-order valence-electron chi connectivity index (χ0n) is 51.7. The number of carbonyl (C=O) groups excluding carboxylic acids is 9. The van der Waals surface area contributed by atoms with Gasteiger partial charge in [0.25, 0.3) is 29.5 Å². The van der Waals surface area contributed by atoms with Crippen molar-refractivity contribution in [3.8, 4) is 0 Å². The summed E-state index contributed by atoms with van der Waals surface area (Å²) < 4.78 is 7.37. The molecule has 28 nitrogen and oxygen atoms in total. The SMILES string of the molecule is CCCCCCCCCCCCCCCC(=O)Nc1cn(C)c(C(=O)Nc2cc(C(=O)NCCC(=O)Nc3cn(C)c(C(=O)Nc4cc(C(=O)NCCC(=O)Nc5cn(C)c(C(=O)NCCC(=O)NCCCN(C)CCCN)n5)n(C)c4)n3)n(C)c2)n1. The van der Waals surface area contributed by atoms with E-state index in [2.05, 4.69) is 74.6 Å². The number of nitrogens with two attached hydrogens (primary N) is 1. The van der Waals surface area contributed by atoms with Crippen LogP contribution in [0.15, 0.2) is 43.1 Å². The second-order valence-electron chi connectivity index (χ2n) is 21.8. The molecule has 0 aromatic carbocycles. The van der Waals surface area contributed by atoms with E-state index >= 15 is 0 Å². The Bertz CT molecular complexity index is 3090. The molecule has 28 heteroatoms. The molecule has 0 bridgehead atoms. The minimum atomic E-state index is -0.635. The molecule has 0 fully saturated rings. The first-order valence-corrected chi connectivity index (χ1v) is 30.2. The molecule has 0 saturated heterocycles. The van der Waals surface area contributed by atoms with E-state index in [-0.39, 0.29) is 103 Å². The summed E-state index contributed by atoms with van der Waals surface area (Å²) in [7, 11) is 10.0. The van der Waals surface area contributed by atoms with Gasteiger partial charge in [-0.3, -0.25) is 43.2 Å². The zero-order valence-corrected chi connectivity index (χ0v) is 51.7. The predicted molar refractivity (Wildman–Crippen MR) is 332 cm³/mol. The smallest absolute Gasteiger partial charge is 0.291 e. The second-order valence-corrected chi connectivity index (χ2v) is 21.8. The van der Waals surface area contributed by atoms with Crippen LogP contribution in [0.25, 0.3) is 0 Å². The number of anilines is 5. The van der Waals surface area contributed by atoms with Crippen molar-refractivity contribution in [1.82, 2.24) is 64.0 Å². The maximum Gasteiger partial charge on any atom is 0.291 e. The Morgan fingerprint density at radius 2 is 0.770 bits per heavy atom. The van der Waals surface area contributed by atoms with Crippen LogP contribution >= 0.6 is 0 Å². The highest BCUT2D eigenvalue weighted by Gasteiger charge is 2.22. The molecule has 0 radical (unpaired) electrons. The highest BCUT2D eigenvalue weighted by atomic mass is 16.2. The molecule has 9 amide bonds. The molecular formula is C59H91N19O9. The minimum absolute atomic E-state index is 0.0274. The lowest BCUT2D eigenvalue weighted by Crippen LogP contribution is -2.33. The summed E-state index contributed by atoms with van der Waals surface area (Å²) in [5.74, 6) is -3.53. The summed E-state index contributed by atoms with van der Waals surface area (Å²) in [6, 6.07) is 2.93. The number of carbonyl (C=O) groups is 9. The number of nitrogens with one attached hydrogen (secondary N) is 9. The van der Waals surface area contributed by atoms with Gasteiger partial charge in [-0.15, -0.1) is 0 Å². The van der Waals surface area contributed by atoms with Gasteiger partial charge in [-0.1, -0.05) is 84.0 Å². The molecule has 5 aromatic rings. The lowest BCUT2D eigenvalue weighted by molar-refractivity contribution is -0.121. The van der Waals surface area contributed by atoms with Crippen molar-refractivity contribution in [1.29, 1.82) is 0 Å². The fourth-order valence-electron chi connectivity index (χ4n) is 9.49. The number of unbranched alkanes of at least 4 members (excludes halogenated alkanes) is 12. The highest BCUT2D eigenvalue weighted by Crippen LogP contribution is 2.19. The molecule has 0 aliphatic heterocycles. The quantitative estimate of drug-likeness (QED) is 0.0233. The fraction of sp³-hybridized carbons (Fsp3) is 0.559. The first kappa shape index (κ1) is 69.1. The Hall–Kier alpha value is -8.66. The van der Waals surface area contributed by atoms with Gasteiger partial charge in [0.15, 0.2) is 17.5 Å². The third-order valence-electron chi connectivity index (χ3n) is 14.2. The fourth-order valence-corrected chi connectivity index (χ4v) is 9.49. The second kappa shape index (κ2) is 36.4. The Morgan fingerprint density at radius 1 is 0.402 bits per heavy atom. The largest absolute Gasteiger partial charge is 0.356 e. The number of nitrogens with zero attached hydrogens (tertiary/aromatic N) is 9. The summed E-state index contributed by atoms with van der Waals surface area (Å²) in [5, 5.41) is 24.3. The van der Waals surface area contributed by atoms with E-state index in [0.29, 0.717) is 25.2 Å². The van der Waals surface area contributed by atoms with Gasteiger partial charge in [0, 0.05) is 118 Å². The van der Waals surface area contributed by atoms with Crippen molar-refractivity contribution >= 4 is 82.0 Å². The molecule has 87 heavy (non-hydrogen) atoms. The molecule has 0 unspecified atom stereocenters. The molecule has 0 spiro atoms. The first-order valence-electron chi connectivity index (χ1n) is 30.2. The average molecular weight is 1210 g/mol. The van der Waals surface area contributed by atoms with E-state index in [1.807, 2.05) is 7.05 Å². The van der Waals surface area contributed by atoms with E-state index in [1.165, 1.54) is 118 Å². The molecule has 5 heterocycles. The molecule has 11 N–H and O–H groups in total. The number of hydrogen-bond donors (Lipinski definition) is 10. The molecule has 0 aliphatic carbocycles. The Morgan fingerprint density at radius 3 is 1.20 bits per heavy atom. The van der Waals surface area contributed by atoms with Crippen molar-refractivity contribution in [3.63, 3.8) is 0 Å². The van der Waals surface area contributed by atoms with Crippen LogP contribution in [0.2, 0.25) is 0 Å². The van der Waals surface area contributed by atoms with Crippen molar-refractivity contribution in [2.24, 2.45) is 41.0 Å². The summed E-state index contributed by atoms with van der Waals surface area (Å²) in [5.41, 5.74) is 6.53. The van der Waals surface area contributed by atoms with Crippen LogP contribution in [0.1, 0.15) is 182 Å². The summed E-state index contributed by atoms with van der Waals surface area (Å²) in [6.45, 7) is 5.10. The van der Waals surface area contributed by atoms with E-state index in [4.69, 9.17) is 5.73 Å². The van der Waals surface area contributed by atoms with Gasteiger partial charge < -0.3 is 81.3 Å². The monoisotopic (exact) mass is 1210 g/mol. The van der Waals surface area contributed by atoms with Gasteiger partial charge in [0.05, 0.1) is 11.4 Å². The number of hydrogen-bond acceptors (Lipinski definition) is 14. The number of aryl methyl sites for hydroxylation is 5. The predicted octanol–water partition coefficient (Wildman–Crippen LogP) is 4.91. The molecule has 0 saturated carbocycles. The lowest BCUT2D eigenvalue weighted by Gasteiger charge is -2.15. The van der Waals surface area contributed by atoms with Crippen molar-refractivity contribution in [3.05, 3.63) is 72.0 Å². The van der Waals surface area contributed by atoms with E-state index < -0.39 is 41.4 Å². The molecule has 476 valence electrons. The molecule has 5 aromatic heterocycles. The van der Waals surface area contributed by atoms with Gasteiger partial charge in [-0.2, -0.15) is 0 Å². The van der Waals surface area contributed by atoms with Gasteiger partial charge in [0.1, 0.15) is 11.4 Å². The van der Waals surface area contributed by atoms with Crippen molar-refractivity contribution in [2.45, 2.75) is 129 Å².